The molecule has 0 bridgehead atoms. The number of thiocarbonyl (C=S) groups is 1. The van der Waals surface area contributed by atoms with Crippen LogP contribution in [0.3, 0.4) is 0 Å². The molecule has 4 nitrogen and oxygen atoms in total. The first kappa shape index (κ1) is 17.4. The summed E-state index contributed by atoms with van der Waals surface area (Å²) in [6.07, 6.45) is 8.01. The van der Waals surface area contributed by atoms with Crippen LogP contribution in [0.2, 0.25) is 0 Å². The zero-order valence-electron chi connectivity index (χ0n) is 12.9. The molecule has 1 aliphatic heterocycles. The molecule has 1 heterocycles. The Balaban J connectivity index is 2.38. The molecular weight excluding hydrogens is 270 g/mol. The summed E-state index contributed by atoms with van der Waals surface area (Å²) in [5.74, 6) is 0.0962. The minimum Gasteiger partial charge on any atom is -0.391 e. The summed E-state index contributed by atoms with van der Waals surface area (Å²) in [6.45, 7) is 4.04. The second kappa shape index (κ2) is 8.57. The van der Waals surface area contributed by atoms with Gasteiger partial charge in [0.25, 0.3) is 0 Å². The predicted molar refractivity (Wildman–Crippen MR) is 87.8 cm³/mol. The van der Waals surface area contributed by atoms with Gasteiger partial charge >= 0.3 is 0 Å². The highest BCUT2D eigenvalue weighted by molar-refractivity contribution is 7.80. The molecule has 0 aromatic heterocycles. The van der Waals surface area contributed by atoms with Crippen molar-refractivity contribution < 1.29 is 4.79 Å². The molecule has 0 aromatic carbocycles. The summed E-state index contributed by atoms with van der Waals surface area (Å²) in [5.41, 5.74) is 5.43. The lowest BCUT2D eigenvalue weighted by molar-refractivity contribution is -0.122. The molecule has 3 N–H and O–H groups in total. The van der Waals surface area contributed by atoms with Gasteiger partial charge < -0.3 is 16.0 Å². The standard InChI is InChI=1S/C15H29N3OS/c1-3-4-5-6-7-8-13(19)17-15(14(16)20)9-11-18(2)12-10-15/h3-12H2,1-2H3,(H2,16,20)(H,17,19). The van der Waals surface area contributed by atoms with Gasteiger partial charge in [-0.1, -0.05) is 44.8 Å². The number of carbonyl (C=O) groups is 1. The molecule has 0 aliphatic carbocycles. The van der Waals surface area contributed by atoms with Crippen LogP contribution < -0.4 is 11.1 Å². The van der Waals surface area contributed by atoms with Gasteiger partial charge in [-0.3, -0.25) is 4.79 Å². The third-order valence-corrected chi connectivity index (χ3v) is 4.59. The van der Waals surface area contributed by atoms with Gasteiger partial charge in [0.1, 0.15) is 0 Å². The maximum atomic E-state index is 12.1. The van der Waals surface area contributed by atoms with Gasteiger partial charge in [0, 0.05) is 19.5 Å². The summed E-state index contributed by atoms with van der Waals surface area (Å²) in [7, 11) is 2.08. The lowest BCUT2D eigenvalue weighted by Crippen LogP contribution is -2.61. The largest absolute Gasteiger partial charge is 0.391 e. The summed E-state index contributed by atoms with van der Waals surface area (Å²) >= 11 is 5.20. The zero-order valence-corrected chi connectivity index (χ0v) is 13.7. The Morgan fingerprint density at radius 2 is 1.85 bits per heavy atom. The first-order chi connectivity index (χ1) is 9.50. The molecule has 1 rings (SSSR count). The molecular formula is C15H29N3OS. The maximum Gasteiger partial charge on any atom is 0.220 e. The van der Waals surface area contributed by atoms with E-state index in [4.69, 9.17) is 18.0 Å². The molecule has 0 unspecified atom stereocenters. The zero-order chi connectivity index (χ0) is 15.0. The summed E-state index contributed by atoms with van der Waals surface area (Å²) in [5, 5.41) is 3.11. The van der Waals surface area contributed by atoms with Gasteiger partial charge in [-0.2, -0.15) is 0 Å². The molecule has 0 radical (unpaired) electrons. The maximum absolute atomic E-state index is 12.1. The normalized spacial score (nSPS) is 18.7. The van der Waals surface area contributed by atoms with Crippen molar-refractivity contribution in [2.24, 2.45) is 5.73 Å². The average Bonchev–Trinajstić information content (AvgIpc) is 2.41. The molecule has 0 saturated carbocycles. The summed E-state index contributed by atoms with van der Waals surface area (Å²) in [6, 6.07) is 0. The molecule has 0 atom stereocenters. The van der Waals surface area contributed by atoms with Crippen molar-refractivity contribution in [2.75, 3.05) is 20.1 Å². The van der Waals surface area contributed by atoms with Gasteiger partial charge in [-0.25, -0.2) is 0 Å². The number of nitrogens with one attached hydrogen (secondary N) is 1. The Morgan fingerprint density at radius 1 is 1.25 bits per heavy atom. The van der Waals surface area contributed by atoms with Crippen LogP contribution in [0, 0.1) is 0 Å². The van der Waals surface area contributed by atoms with E-state index in [9.17, 15) is 4.79 Å². The monoisotopic (exact) mass is 299 g/mol. The van der Waals surface area contributed by atoms with Crippen molar-refractivity contribution >= 4 is 23.1 Å². The van der Waals surface area contributed by atoms with Crippen LogP contribution in [0.25, 0.3) is 0 Å². The number of hydrogen-bond donors (Lipinski definition) is 2. The minimum atomic E-state index is -0.456. The third-order valence-electron chi connectivity index (χ3n) is 4.20. The van der Waals surface area contributed by atoms with Crippen molar-refractivity contribution in [1.29, 1.82) is 0 Å². The van der Waals surface area contributed by atoms with Crippen LogP contribution in [0.5, 0.6) is 0 Å². The topological polar surface area (TPSA) is 58.4 Å². The fraction of sp³-hybridized carbons (Fsp3) is 0.867. The lowest BCUT2D eigenvalue weighted by Gasteiger charge is -2.40. The van der Waals surface area contributed by atoms with Crippen LogP contribution in [0.1, 0.15) is 58.3 Å². The third kappa shape index (κ3) is 5.37. The molecule has 1 saturated heterocycles. The number of piperidine rings is 1. The average molecular weight is 299 g/mol. The second-order valence-electron chi connectivity index (χ2n) is 5.96. The van der Waals surface area contributed by atoms with Gasteiger partial charge in [0.05, 0.1) is 10.5 Å². The van der Waals surface area contributed by atoms with E-state index in [1.165, 1.54) is 19.3 Å². The smallest absolute Gasteiger partial charge is 0.220 e. The number of likely N-dealkylation sites (tertiary alicyclic amines) is 1. The number of nitrogens with zero attached hydrogens (tertiary/aromatic N) is 1. The summed E-state index contributed by atoms with van der Waals surface area (Å²) in [4.78, 5) is 14.8. The van der Waals surface area contributed by atoms with E-state index in [-0.39, 0.29) is 5.91 Å². The van der Waals surface area contributed by atoms with Crippen molar-refractivity contribution in [3.05, 3.63) is 0 Å². The van der Waals surface area contributed by atoms with E-state index in [0.29, 0.717) is 11.4 Å². The Kier molecular flexibility index (Phi) is 7.45. The minimum absolute atomic E-state index is 0.0962. The van der Waals surface area contributed by atoms with Gasteiger partial charge in [0.15, 0.2) is 0 Å². The highest BCUT2D eigenvalue weighted by atomic mass is 32.1. The lowest BCUT2D eigenvalue weighted by atomic mass is 9.87. The molecule has 5 heteroatoms. The van der Waals surface area contributed by atoms with E-state index in [0.717, 1.165) is 38.8 Å². The Morgan fingerprint density at radius 3 is 2.40 bits per heavy atom. The van der Waals surface area contributed by atoms with Gasteiger partial charge in [-0.05, 0) is 26.3 Å². The van der Waals surface area contributed by atoms with Gasteiger partial charge in [0.2, 0.25) is 5.91 Å². The fourth-order valence-electron chi connectivity index (χ4n) is 2.65. The molecule has 116 valence electrons. The number of rotatable bonds is 8. The van der Waals surface area contributed by atoms with Crippen molar-refractivity contribution in [1.82, 2.24) is 10.2 Å². The van der Waals surface area contributed by atoms with Crippen LogP contribution in [-0.4, -0.2) is 41.5 Å². The van der Waals surface area contributed by atoms with E-state index >= 15 is 0 Å². The van der Waals surface area contributed by atoms with E-state index < -0.39 is 5.54 Å². The molecule has 1 fully saturated rings. The van der Waals surface area contributed by atoms with Crippen molar-refractivity contribution in [3.63, 3.8) is 0 Å². The fourth-order valence-corrected chi connectivity index (χ4v) is 2.91. The molecule has 1 aliphatic rings. The quantitative estimate of drug-likeness (QED) is 0.533. The number of carbonyl (C=O) groups excluding carboxylic acids is 1. The number of unbranched alkanes of at least 4 members (excludes halogenated alkanes) is 4. The van der Waals surface area contributed by atoms with E-state index in [1.807, 2.05) is 0 Å². The molecule has 0 aromatic rings. The van der Waals surface area contributed by atoms with Crippen molar-refractivity contribution in [3.8, 4) is 0 Å². The Labute approximate surface area is 128 Å². The van der Waals surface area contributed by atoms with Crippen LogP contribution in [0.15, 0.2) is 0 Å². The summed E-state index contributed by atoms with van der Waals surface area (Å²) < 4.78 is 0. The van der Waals surface area contributed by atoms with Crippen LogP contribution >= 0.6 is 12.2 Å². The Hall–Kier alpha value is -0.680. The first-order valence-corrected chi connectivity index (χ1v) is 8.20. The van der Waals surface area contributed by atoms with E-state index in [2.05, 4.69) is 24.2 Å². The van der Waals surface area contributed by atoms with Crippen LogP contribution in [0.4, 0.5) is 0 Å². The highest BCUT2D eigenvalue weighted by Gasteiger charge is 2.37. The molecule has 0 spiro atoms. The van der Waals surface area contributed by atoms with Crippen molar-refractivity contribution in [2.45, 2.75) is 63.8 Å². The SMILES string of the molecule is CCCCCCCC(=O)NC1(C(N)=S)CCN(C)CC1. The molecule has 20 heavy (non-hydrogen) atoms. The van der Waals surface area contributed by atoms with E-state index in [1.54, 1.807) is 0 Å². The number of nitrogens with two attached hydrogens (primary N) is 1. The van der Waals surface area contributed by atoms with Crippen LogP contribution in [-0.2, 0) is 4.79 Å². The predicted octanol–water partition coefficient (Wildman–Crippen LogP) is 2.21. The Bertz CT molecular complexity index is 325. The van der Waals surface area contributed by atoms with Gasteiger partial charge in [-0.15, -0.1) is 0 Å². The number of hydrogen-bond acceptors (Lipinski definition) is 3. The number of amides is 1. The molecule has 1 amide bonds. The second-order valence-corrected chi connectivity index (χ2v) is 6.40. The highest BCUT2D eigenvalue weighted by Crippen LogP contribution is 2.22. The first-order valence-electron chi connectivity index (χ1n) is 7.79.